The lowest BCUT2D eigenvalue weighted by Crippen LogP contribution is -2.39. The molecule has 4 N–H and O–H groups in total. The number of rotatable bonds is 3. The van der Waals surface area contributed by atoms with Crippen molar-refractivity contribution in [3.05, 3.63) is 0 Å². The van der Waals surface area contributed by atoms with E-state index in [0.717, 1.165) is 6.42 Å². The van der Waals surface area contributed by atoms with Crippen molar-refractivity contribution in [2.24, 2.45) is 5.92 Å². The third-order valence-corrected chi connectivity index (χ3v) is 2.99. The highest BCUT2D eigenvalue weighted by Gasteiger charge is 2.42. The summed E-state index contributed by atoms with van der Waals surface area (Å²) in [6, 6.07) is -0.480. The molecule has 0 aliphatic carbocycles. The van der Waals surface area contributed by atoms with E-state index in [1.165, 1.54) is 0 Å². The Labute approximate surface area is 78.6 Å². The quantitative estimate of drug-likeness (QED) is 0.463. The Morgan fingerprint density at radius 2 is 1.92 bits per heavy atom. The van der Waals surface area contributed by atoms with E-state index in [9.17, 15) is 10.2 Å². The summed E-state index contributed by atoms with van der Waals surface area (Å²) in [5.74, 6) is 0.307. The molecule has 1 heterocycles. The fraction of sp³-hybridized carbons (Fsp3) is 1.00. The minimum absolute atomic E-state index is 0.0999. The average Bonchev–Trinajstić information content (AvgIpc) is 2.43. The van der Waals surface area contributed by atoms with Crippen LogP contribution >= 0.6 is 0 Å². The van der Waals surface area contributed by atoms with Crippen molar-refractivity contribution in [1.29, 1.82) is 0 Å². The number of aliphatic hydroxyl groups is 3. The van der Waals surface area contributed by atoms with Gasteiger partial charge in [-0.2, -0.15) is 0 Å². The van der Waals surface area contributed by atoms with E-state index in [0.29, 0.717) is 5.92 Å². The molecule has 0 aromatic carbocycles. The van der Waals surface area contributed by atoms with Crippen LogP contribution in [0, 0.1) is 5.92 Å². The molecule has 5 atom stereocenters. The monoisotopic (exact) mass is 189 g/mol. The van der Waals surface area contributed by atoms with Crippen molar-refractivity contribution >= 4 is 0 Å². The lowest BCUT2D eigenvalue weighted by molar-refractivity contribution is 0.0135. The molecule has 1 fully saturated rings. The van der Waals surface area contributed by atoms with E-state index in [-0.39, 0.29) is 18.7 Å². The Hall–Kier alpha value is -0.160. The lowest BCUT2D eigenvalue weighted by Gasteiger charge is -2.21. The highest BCUT2D eigenvalue weighted by Crippen LogP contribution is 2.22. The van der Waals surface area contributed by atoms with E-state index >= 15 is 0 Å². The summed E-state index contributed by atoms with van der Waals surface area (Å²) in [4.78, 5) is 0. The molecule has 1 aliphatic heterocycles. The summed E-state index contributed by atoms with van der Waals surface area (Å²) < 4.78 is 0. The first-order chi connectivity index (χ1) is 6.11. The van der Waals surface area contributed by atoms with Gasteiger partial charge in [0.1, 0.15) is 0 Å². The SMILES string of the molecule is CC[C@H](C)[C@@H]1N[C@@H](CO)[C@H](O)[C@@H]1O. The summed E-state index contributed by atoms with van der Waals surface area (Å²) in [6.07, 6.45) is -0.657. The van der Waals surface area contributed by atoms with Gasteiger partial charge < -0.3 is 20.6 Å². The van der Waals surface area contributed by atoms with Crippen molar-refractivity contribution in [2.75, 3.05) is 6.61 Å². The summed E-state index contributed by atoms with van der Waals surface area (Å²) in [6.45, 7) is 3.93. The van der Waals surface area contributed by atoms with Crippen molar-refractivity contribution in [3.63, 3.8) is 0 Å². The van der Waals surface area contributed by atoms with Gasteiger partial charge in [0.2, 0.25) is 0 Å². The highest BCUT2D eigenvalue weighted by molar-refractivity contribution is 4.99. The summed E-state index contributed by atoms with van der Waals surface area (Å²) >= 11 is 0. The van der Waals surface area contributed by atoms with Gasteiger partial charge >= 0.3 is 0 Å². The fourth-order valence-electron chi connectivity index (χ4n) is 1.81. The van der Waals surface area contributed by atoms with Crippen molar-refractivity contribution in [1.82, 2.24) is 5.32 Å². The number of aliphatic hydroxyl groups excluding tert-OH is 3. The zero-order chi connectivity index (χ0) is 10.0. The lowest BCUT2D eigenvalue weighted by atomic mass is 9.95. The number of hydrogen-bond donors (Lipinski definition) is 4. The summed E-state index contributed by atoms with van der Waals surface area (Å²) in [7, 11) is 0. The third-order valence-electron chi connectivity index (χ3n) is 2.99. The largest absolute Gasteiger partial charge is 0.395 e. The maximum absolute atomic E-state index is 9.64. The van der Waals surface area contributed by atoms with E-state index in [1.807, 2.05) is 13.8 Å². The molecule has 1 rings (SSSR count). The van der Waals surface area contributed by atoms with E-state index in [1.54, 1.807) is 0 Å². The highest BCUT2D eigenvalue weighted by atomic mass is 16.3. The maximum Gasteiger partial charge on any atom is 0.0989 e. The predicted octanol–water partition coefficient (Wildman–Crippen LogP) is -0.913. The second-order valence-electron chi connectivity index (χ2n) is 3.85. The molecule has 0 aromatic heterocycles. The zero-order valence-corrected chi connectivity index (χ0v) is 8.14. The van der Waals surface area contributed by atoms with Crippen LogP contribution < -0.4 is 5.32 Å². The molecule has 0 bridgehead atoms. The minimum atomic E-state index is -0.844. The summed E-state index contributed by atoms with van der Waals surface area (Å²) in [5, 5.41) is 31.1. The molecule has 4 heteroatoms. The normalized spacial score (nSPS) is 42.2. The Morgan fingerprint density at radius 1 is 1.31 bits per heavy atom. The molecule has 0 aromatic rings. The van der Waals surface area contributed by atoms with Gasteiger partial charge in [0.15, 0.2) is 0 Å². The molecule has 13 heavy (non-hydrogen) atoms. The molecule has 1 aliphatic rings. The van der Waals surface area contributed by atoms with Crippen LogP contribution in [0.2, 0.25) is 0 Å². The van der Waals surface area contributed by atoms with Crippen LogP contribution in [0.25, 0.3) is 0 Å². The first-order valence-electron chi connectivity index (χ1n) is 4.84. The smallest absolute Gasteiger partial charge is 0.0989 e. The number of hydrogen-bond acceptors (Lipinski definition) is 4. The van der Waals surface area contributed by atoms with Crippen LogP contribution in [0.4, 0.5) is 0 Å². The maximum atomic E-state index is 9.64. The molecule has 0 radical (unpaired) electrons. The average molecular weight is 189 g/mol. The van der Waals surface area contributed by atoms with Crippen LogP contribution in [0.5, 0.6) is 0 Å². The zero-order valence-electron chi connectivity index (χ0n) is 8.14. The summed E-state index contributed by atoms with van der Waals surface area (Å²) in [5.41, 5.74) is 0. The molecular weight excluding hydrogens is 170 g/mol. The van der Waals surface area contributed by atoms with Crippen molar-refractivity contribution in [2.45, 2.75) is 44.6 Å². The van der Waals surface area contributed by atoms with Crippen LogP contribution in [0.3, 0.4) is 0 Å². The van der Waals surface area contributed by atoms with Crippen LogP contribution in [-0.4, -0.2) is 46.2 Å². The second-order valence-corrected chi connectivity index (χ2v) is 3.85. The van der Waals surface area contributed by atoms with Gasteiger partial charge in [-0.05, 0) is 5.92 Å². The fourth-order valence-corrected chi connectivity index (χ4v) is 1.81. The number of nitrogens with one attached hydrogen (secondary N) is 1. The Kier molecular flexibility index (Phi) is 3.67. The molecule has 1 saturated heterocycles. The first kappa shape index (κ1) is 10.9. The van der Waals surface area contributed by atoms with Gasteiger partial charge in [-0.3, -0.25) is 0 Å². The molecule has 0 saturated carbocycles. The van der Waals surface area contributed by atoms with E-state index < -0.39 is 12.2 Å². The molecular formula is C9H19NO3. The molecule has 4 nitrogen and oxygen atoms in total. The van der Waals surface area contributed by atoms with Gasteiger partial charge in [0.25, 0.3) is 0 Å². The third kappa shape index (κ3) is 2.02. The van der Waals surface area contributed by atoms with E-state index in [2.05, 4.69) is 5.32 Å². The topological polar surface area (TPSA) is 72.7 Å². The van der Waals surface area contributed by atoms with Gasteiger partial charge in [0.05, 0.1) is 24.9 Å². The van der Waals surface area contributed by atoms with Crippen LogP contribution in [-0.2, 0) is 0 Å². The molecule has 0 spiro atoms. The standard InChI is InChI=1S/C9H19NO3/c1-3-5(2)7-9(13)8(12)6(4-11)10-7/h5-13H,3-4H2,1-2H3/t5-,6-,7-,8-,9+/m0/s1. The Bertz CT molecular complexity index is 165. The first-order valence-corrected chi connectivity index (χ1v) is 4.84. The minimum Gasteiger partial charge on any atom is -0.395 e. The molecule has 78 valence electrons. The second kappa shape index (κ2) is 4.37. The van der Waals surface area contributed by atoms with Gasteiger partial charge in [0, 0.05) is 6.04 Å². The van der Waals surface area contributed by atoms with E-state index in [4.69, 9.17) is 5.11 Å². The Balaban J connectivity index is 2.60. The van der Waals surface area contributed by atoms with Crippen molar-refractivity contribution < 1.29 is 15.3 Å². The van der Waals surface area contributed by atoms with Crippen LogP contribution in [0.1, 0.15) is 20.3 Å². The van der Waals surface area contributed by atoms with Crippen LogP contribution in [0.15, 0.2) is 0 Å². The molecule has 0 amide bonds. The van der Waals surface area contributed by atoms with Gasteiger partial charge in [-0.25, -0.2) is 0 Å². The Morgan fingerprint density at radius 3 is 2.31 bits per heavy atom. The van der Waals surface area contributed by atoms with Gasteiger partial charge in [-0.1, -0.05) is 20.3 Å². The van der Waals surface area contributed by atoms with Gasteiger partial charge in [-0.15, -0.1) is 0 Å². The predicted molar refractivity (Wildman–Crippen MR) is 49.3 cm³/mol. The van der Waals surface area contributed by atoms with Crippen molar-refractivity contribution in [3.8, 4) is 0 Å². The molecule has 0 unspecified atom stereocenters.